The van der Waals surface area contributed by atoms with E-state index in [4.69, 9.17) is 17.3 Å². The van der Waals surface area contributed by atoms with Gasteiger partial charge in [-0.3, -0.25) is 4.40 Å². The number of fused-ring (bicyclic) bond motifs is 4. The summed E-state index contributed by atoms with van der Waals surface area (Å²) in [5.74, 6) is -0.861. The molecule has 0 unspecified atom stereocenters. The Labute approximate surface area is 266 Å². The van der Waals surface area contributed by atoms with E-state index in [2.05, 4.69) is 25.1 Å². The van der Waals surface area contributed by atoms with Gasteiger partial charge in [-0.25, -0.2) is 18.2 Å². The fourth-order valence-corrected chi connectivity index (χ4v) is 5.37. The number of nitrogens with zero attached hydrogens (tertiary/aromatic N) is 8. The molecule has 7 rings (SSSR count). The highest BCUT2D eigenvalue weighted by Crippen LogP contribution is 2.34. The van der Waals surface area contributed by atoms with Crippen LogP contribution in [0.4, 0.5) is 41.9 Å². The molecule has 0 fully saturated rings. The molecule has 0 saturated heterocycles. The SMILES string of the molecule is CCN(c1ccccc1)c1nc(Cl)nc2cc(F)c(F)cc12.CCN(c1ccccc1)c1nc2nncn2c2cc(N)c(F)cc12. The van der Waals surface area contributed by atoms with Crippen molar-refractivity contribution in [3.63, 3.8) is 0 Å². The second-order valence-corrected chi connectivity index (χ2v) is 10.4. The molecule has 0 radical (unpaired) electrons. The fraction of sp³-hybridized carbons (Fsp3) is 0.121. The van der Waals surface area contributed by atoms with Gasteiger partial charge in [0.15, 0.2) is 11.6 Å². The Hall–Kier alpha value is -5.49. The zero-order chi connectivity index (χ0) is 32.4. The Bertz CT molecular complexity index is 2160. The Morgan fingerprint density at radius 3 is 1.89 bits per heavy atom. The molecule has 0 atom stereocenters. The predicted molar refractivity (Wildman–Crippen MR) is 175 cm³/mol. The number of para-hydroxylation sites is 2. The molecule has 0 saturated carbocycles. The van der Waals surface area contributed by atoms with E-state index in [1.54, 1.807) is 16.8 Å². The molecule has 46 heavy (non-hydrogen) atoms. The number of hydrogen-bond acceptors (Lipinski definition) is 8. The lowest BCUT2D eigenvalue weighted by Crippen LogP contribution is -2.18. The van der Waals surface area contributed by atoms with Crippen LogP contribution in [0.2, 0.25) is 5.28 Å². The fourth-order valence-electron chi connectivity index (χ4n) is 5.20. The summed E-state index contributed by atoms with van der Waals surface area (Å²) in [5.41, 5.74) is 8.66. The Balaban J connectivity index is 0.000000162. The van der Waals surface area contributed by atoms with E-state index in [9.17, 15) is 13.2 Å². The maximum atomic E-state index is 14.1. The molecule has 0 aliphatic rings. The first kappa shape index (κ1) is 30.5. The van der Waals surface area contributed by atoms with Crippen molar-refractivity contribution in [1.29, 1.82) is 0 Å². The zero-order valence-electron chi connectivity index (χ0n) is 24.7. The highest BCUT2D eigenvalue weighted by atomic mass is 35.5. The molecule has 2 N–H and O–H groups in total. The van der Waals surface area contributed by atoms with Crippen LogP contribution in [0, 0.1) is 17.5 Å². The Morgan fingerprint density at radius 2 is 1.28 bits per heavy atom. The molecule has 4 aromatic carbocycles. The zero-order valence-corrected chi connectivity index (χ0v) is 25.5. The molecule has 0 aliphatic carbocycles. The second-order valence-electron chi connectivity index (χ2n) is 10.1. The number of rotatable bonds is 6. The van der Waals surface area contributed by atoms with Crippen molar-refractivity contribution >= 4 is 67.9 Å². The van der Waals surface area contributed by atoms with E-state index in [0.29, 0.717) is 46.8 Å². The minimum atomic E-state index is -0.962. The Kier molecular flexibility index (Phi) is 8.53. The maximum Gasteiger partial charge on any atom is 0.257 e. The van der Waals surface area contributed by atoms with Crippen molar-refractivity contribution in [3.05, 3.63) is 114 Å². The number of halogens is 4. The predicted octanol–water partition coefficient (Wildman–Crippen LogP) is 7.88. The summed E-state index contributed by atoms with van der Waals surface area (Å²) in [5, 5.41) is 8.98. The Morgan fingerprint density at radius 1 is 0.717 bits per heavy atom. The molecule has 7 aromatic rings. The number of anilines is 5. The van der Waals surface area contributed by atoms with E-state index in [-0.39, 0.29) is 16.5 Å². The van der Waals surface area contributed by atoms with E-state index >= 15 is 0 Å². The van der Waals surface area contributed by atoms with Crippen LogP contribution in [0.1, 0.15) is 13.8 Å². The molecule has 0 amide bonds. The van der Waals surface area contributed by atoms with Gasteiger partial charge in [-0.1, -0.05) is 36.4 Å². The first-order valence-corrected chi connectivity index (χ1v) is 14.7. The van der Waals surface area contributed by atoms with Crippen molar-refractivity contribution in [1.82, 2.24) is 29.5 Å². The first-order chi connectivity index (χ1) is 22.3. The van der Waals surface area contributed by atoms with Crippen LogP contribution in [-0.2, 0) is 0 Å². The van der Waals surface area contributed by atoms with Crippen molar-refractivity contribution < 1.29 is 13.2 Å². The first-order valence-electron chi connectivity index (χ1n) is 14.3. The molecule has 3 heterocycles. The van der Waals surface area contributed by atoms with Crippen molar-refractivity contribution in [2.24, 2.45) is 0 Å². The van der Waals surface area contributed by atoms with Crippen LogP contribution in [0.5, 0.6) is 0 Å². The summed E-state index contributed by atoms with van der Waals surface area (Å²) in [6.07, 6.45) is 1.55. The quantitative estimate of drug-likeness (QED) is 0.145. The minimum Gasteiger partial charge on any atom is -0.396 e. The molecular weight excluding hydrogens is 615 g/mol. The van der Waals surface area contributed by atoms with Gasteiger partial charge in [0.05, 0.1) is 16.7 Å². The van der Waals surface area contributed by atoms with Gasteiger partial charge < -0.3 is 15.5 Å². The van der Waals surface area contributed by atoms with E-state index in [1.165, 1.54) is 6.07 Å². The van der Waals surface area contributed by atoms with Crippen LogP contribution < -0.4 is 15.5 Å². The van der Waals surface area contributed by atoms with Crippen LogP contribution in [-0.4, -0.2) is 42.6 Å². The third kappa shape index (κ3) is 5.82. The van der Waals surface area contributed by atoms with Gasteiger partial charge >= 0.3 is 0 Å². The minimum absolute atomic E-state index is 0.0112. The normalized spacial score (nSPS) is 11.1. The molecule has 13 heteroatoms. The standard InChI is InChI=1S/C17H15FN6.C16H12ClF2N3/c1-2-23(11-6-4-3-5-7-11)16-12-8-13(18)14(19)9-15(12)24-10-20-22-17(24)21-16;1-2-22(10-6-4-3-5-7-10)15-11-8-12(18)13(19)9-14(11)20-16(17)21-15/h3-10H,2,19H2,1H3;3-9H,2H2,1H3. The topological polar surface area (TPSA) is 101 Å². The lowest BCUT2D eigenvalue weighted by Gasteiger charge is -2.24. The largest absolute Gasteiger partial charge is 0.396 e. The molecule has 232 valence electrons. The van der Waals surface area contributed by atoms with Gasteiger partial charge in [-0.2, -0.15) is 9.97 Å². The van der Waals surface area contributed by atoms with E-state index in [0.717, 1.165) is 23.5 Å². The monoisotopic (exact) mass is 641 g/mol. The number of nitrogens with two attached hydrogens (primary N) is 1. The highest BCUT2D eigenvalue weighted by Gasteiger charge is 2.19. The van der Waals surface area contributed by atoms with E-state index < -0.39 is 17.5 Å². The lowest BCUT2D eigenvalue weighted by molar-refractivity contribution is 0.510. The van der Waals surface area contributed by atoms with Crippen molar-refractivity contribution in [2.75, 3.05) is 28.6 Å². The average molecular weight is 642 g/mol. The molecule has 0 aliphatic heterocycles. The van der Waals surface area contributed by atoms with Crippen LogP contribution in [0.15, 0.2) is 91.3 Å². The molecule has 9 nitrogen and oxygen atoms in total. The van der Waals surface area contributed by atoms with Gasteiger partial charge in [0, 0.05) is 41.3 Å². The second kappa shape index (κ2) is 12.9. The van der Waals surface area contributed by atoms with Gasteiger partial charge in [0.25, 0.3) is 5.78 Å². The molecule has 0 spiro atoms. The summed E-state index contributed by atoms with van der Waals surface area (Å²) in [4.78, 5) is 16.6. The molecular formula is C33H27ClF3N9. The summed E-state index contributed by atoms with van der Waals surface area (Å²) in [7, 11) is 0. The maximum absolute atomic E-state index is 14.1. The molecule has 3 aromatic heterocycles. The lowest BCUT2D eigenvalue weighted by atomic mass is 10.1. The average Bonchev–Trinajstić information content (AvgIpc) is 3.54. The summed E-state index contributed by atoms with van der Waals surface area (Å²) < 4.78 is 42.9. The van der Waals surface area contributed by atoms with Crippen molar-refractivity contribution in [3.8, 4) is 0 Å². The van der Waals surface area contributed by atoms with E-state index in [1.807, 2.05) is 84.3 Å². The van der Waals surface area contributed by atoms with Gasteiger partial charge in [0.1, 0.15) is 23.8 Å². The van der Waals surface area contributed by atoms with Crippen LogP contribution in [0.25, 0.3) is 27.6 Å². The number of benzene rings is 4. The van der Waals surface area contributed by atoms with Crippen molar-refractivity contribution in [2.45, 2.75) is 13.8 Å². The van der Waals surface area contributed by atoms with Gasteiger partial charge in [-0.15, -0.1) is 10.2 Å². The molecule has 0 bridgehead atoms. The summed E-state index contributed by atoms with van der Waals surface area (Å²) >= 11 is 5.94. The smallest absolute Gasteiger partial charge is 0.257 e. The third-order valence-corrected chi connectivity index (χ3v) is 7.49. The van der Waals surface area contributed by atoms with Crippen LogP contribution >= 0.6 is 11.6 Å². The number of hydrogen-bond donors (Lipinski definition) is 1. The number of nitrogen functional groups attached to an aromatic ring is 1. The summed E-state index contributed by atoms with van der Waals surface area (Å²) in [6.45, 7) is 5.21. The highest BCUT2D eigenvalue weighted by molar-refractivity contribution is 6.28. The van der Waals surface area contributed by atoms with Crippen LogP contribution in [0.3, 0.4) is 0 Å². The number of aromatic nitrogens is 6. The summed E-state index contributed by atoms with van der Waals surface area (Å²) in [6, 6.07) is 24.5. The van der Waals surface area contributed by atoms with Gasteiger partial charge in [-0.05, 0) is 67.9 Å². The van der Waals surface area contributed by atoms with Gasteiger partial charge in [0.2, 0.25) is 5.28 Å². The third-order valence-electron chi connectivity index (χ3n) is 7.32.